The van der Waals surface area contributed by atoms with E-state index in [9.17, 15) is 0 Å². The summed E-state index contributed by atoms with van der Waals surface area (Å²) in [6.45, 7) is 19.7. The Morgan fingerprint density at radius 3 is 1.55 bits per heavy atom. The van der Waals surface area contributed by atoms with Crippen LogP contribution in [0.3, 0.4) is 0 Å². The van der Waals surface area contributed by atoms with Gasteiger partial charge >= 0.3 is 0 Å². The predicted octanol–water partition coefficient (Wildman–Crippen LogP) is 1.04. The van der Waals surface area contributed by atoms with Crippen LogP contribution in [-0.4, -0.2) is 98.1 Å². The van der Waals surface area contributed by atoms with E-state index in [1.165, 1.54) is 91.4 Å². The van der Waals surface area contributed by atoms with Gasteiger partial charge in [0.2, 0.25) is 0 Å². The largest absolute Gasteiger partial charge is 0.301 e. The lowest BCUT2D eigenvalue weighted by Crippen LogP contribution is -2.48. The van der Waals surface area contributed by atoms with Crippen molar-refractivity contribution < 1.29 is 0 Å². The lowest BCUT2D eigenvalue weighted by molar-refractivity contribution is 0.112. The summed E-state index contributed by atoms with van der Waals surface area (Å²) >= 11 is 0. The molecule has 118 valence electrons. The Bertz CT molecular complexity index is 239. The average Bonchev–Trinajstić information content (AvgIpc) is 2.47. The fourth-order valence-corrected chi connectivity index (χ4v) is 3.40. The van der Waals surface area contributed by atoms with Gasteiger partial charge < -0.3 is 19.6 Å². The summed E-state index contributed by atoms with van der Waals surface area (Å²) in [5.74, 6) is 0. The van der Waals surface area contributed by atoms with Gasteiger partial charge in [0.15, 0.2) is 0 Å². The van der Waals surface area contributed by atoms with Crippen LogP contribution in [0.4, 0.5) is 0 Å². The molecule has 0 aromatic heterocycles. The van der Waals surface area contributed by atoms with Gasteiger partial charge in [-0.05, 0) is 39.0 Å². The highest BCUT2D eigenvalue weighted by molar-refractivity contribution is 4.74. The standard InChI is InChI=1S/C16H34N4/c1-3-6-18-13-15-19-7-5-8-20(16-14-18)12-10-17(4-2)9-11-19/h3-16H2,1-2H3. The number of hydrogen-bond donors (Lipinski definition) is 0. The molecule has 2 unspecified atom stereocenters. The fraction of sp³-hybridized carbons (Fsp3) is 1.00. The molecule has 0 aromatic rings. The summed E-state index contributed by atoms with van der Waals surface area (Å²) < 4.78 is 0. The minimum atomic E-state index is 1.20. The van der Waals surface area contributed by atoms with Crippen LogP contribution in [0.15, 0.2) is 0 Å². The third-order valence-corrected chi connectivity index (χ3v) is 4.87. The third kappa shape index (κ3) is 5.32. The summed E-state index contributed by atoms with van der Waals surface area (Å²) in [6.07, 6.45) is 2.63. The molecule has 2 aliphatic rings. The lowest BCUT2D eigenvalue weighted by atomic mass is 10.2. The topological polar surface area (TPSA) is 13.0 Å². The molecule has 2 bridgehead atoms. The molecule has 0 amide bonds. The van der Waals surface area contributed by atoms with Gasteiger partial charge in [-0.3, -0.25) is 0 Å². The maximum atomic E-state index is 2.69. The van der Waals surface area contributed by atoms with Crippen LogP contribution in [0.5, 0.6) is 0 Å². The molecule has 0 radical (unpaired) electrons. The lowest BCUT2D eigenvalue weighted by Gasteiger charge is -2.36. The van der Waals surface area contributed by atoms with Gasteiger partial charge in [0.25, 0.3) is 0 Å². The number of fused-ring (bicyclic) bond motifs is 4. The monoisotopic (exact) mass is 282 g/mol. The second kappa shape index (κ2) is 8.98. The quantitative estimate of drug-likeness (QED) is 0.767. The second-order valence-electron chi connectivity index (χ2n) is 6.31. The third-order valence-electron chi connectivity index (χ3n) is 4.87. The first kappa shape index (κ1) is 16.2. The van der Waals surface area contributed by atoms with Crippen molar-refractivity contribution in [1.29, 1.82) is 0 Å². The molecule has 0 aromatic carbocycles. The second-order valence-corrected chi connectivity index (χ2v) is 6.31. The zero-order valence-electron chi connectivity index (χ0n) is 13.7. The summed E-state index contributed by atoms with van der Waals surface area (Å²) in [5.41, 5.74) is 0. The molecular weight excluding hydrogens is 248 g/mol. The van der Waals surface area contributed by atoms with Gasteiger partial charge in [0.1, 0.15) is 0 Å². The number of rotatable bonds is 3. The summed E-state index contributed by atoms with van der Waals surface area (Å²) in [6, 6.07) is 0. The van der Waals surface area contributed by atoms with Crippen molar-refractivity contribution in [2.75, 3.05) is 78.5 Å². The van der Waals surface area contributed by atoms with Crippen molar-refractivity contribution in [1.82, 2.24) is 19.6 Å². The number of likely N-dealkylation sites (N-methyl/N-ethyl adjacent to an activating group) is 1. The molecule has 2 aliphatic heterocycles. The van der Waals surface area contributed by atoms with E-state index >= 15 is 0 Å². The van der Waals surface area contributed by atoms with Crippen molar-refractivity contribution in [2.45, 2.75) is 26.7 Å². The van der Waals surface area contributed by atoms with Crippen LogP contribution in [0.25, 0.3) is 0 Å². The van der Waals surface area contributed by atoms with Crippen molar-refractivity contribution >= 4 is 0 Å². The molecule has 4 heteroatoms. The van der Waals surface area contributed by atoms with Gasteiger partial charge in [-0.15, -0.1) is 0 Å². The van der Waals surface area contributed by atoms with E-state index in [1.807, 2.05) is 0 Å². The van der Waals surface area contributed by atoms with E-state index in [2.05, 4.69) is 33.4 Å². The van der Waals surface area contributed by atoms with Crippen LogP contribution in [0.1, 0.15) is 26.7 Å². The van der Waals surface area contributed by atoms with Gasteiger partial charge in [-0.1, -0.05) is 13.8 Å². The molecule has 2 rings (SSSR count). The molecule has 0 aliphatic carbocycles. The zero-order valence-corrected chi connectivity index (χ0v) is 13.7. The van der Waals surface area contributed by atoms with E-state index in [1.54, 1.807) is 0 Å². The fourth-order valence-electron chi connectivity index (χ4n) is 3.40. The average molecular weight is 282 g/mol. The first-order valence-corrected chi connectivity index (χ1v) is 8.71. The molecule has 20 heavy (non-hydrogen) atoms. The molecule has 0 saturated carbocycles. The molecule has 2 heterocycles. The van der Waals surface area contributed by atoms with Crippen LogP contribution >= 0.6 is 0 Å². The molecule has 0 N–H and O–H groups in total. The Balaban J connectivity index is 1.98. The van der Waals surface area contributed by atoms with Crippen molar-refractivity contribution in [2.24, 2.45) is 0 Å². The first-order valence-electron chi connectivity index (χ1n) is 8.71. The molecular formula is C16H34N4. The summed E-state index contributed by atoms with van der Waals surface area (Å²) in [7, 11) is 0. The van der Waals surface area contributed by atoms with E-state index in [0.717, 1.165) is 0 Å². The number of hydrogen-bond acceptors (Lipinski definition) is 4. The van der Waals surface area contributed by atoms with E-state index < -0.39 is 0 Å². The van der Waals surface area contributed by atoms with Crippen LogP contribution in [0.2, 0.25) is 0 Å². The molecule has 2 fully saturated rings. The summed E-state index contributed by atoms with van der Waals surface area (Å²) in [4.78, 5) is 10.7. The highest BCUT2D eigenvalue weighted by atomic mass is 15.3. The highest BCUT2D eigenvalue weighted by Crippen LogP contribution is 2.05. The first-order chi connectivity index (χ1) is 9.81. The van der Waals surface area contributed by atoms with Gasteiger partial charge in [-0.25, -0.2) is 0 Å². The highest BCUT2D eigenvalue weighted by Gasteiger charge is 2.17. The normalized spacial score (nSPS) is 31.5. The molecule has 2 atom stereocenters. The van der Waals surface area contributed by atoms with Crippen molar-refractivity contribution in [3.63, 3.8) is 0 Å². The zero-order chi connectivity index (χ0) is 14.2. The minimum absolute atomic E-state index is 1.20. The van der Waals surface area contributed by atoms with Gasteiger partial charge in [0.05, 0.1) is 0 Å². The summed E-state index contributed by atoms with van der Waals surface area (Å²) in [5, 5.41) is 0. The maximum Gasteiger partial charge on any atom is 0.0110 e. The SMILES string of the molecule is CCCN1CCN2CCCN(CCN(CC)CC2)CC1. The molecule has 0 spiro atoms. The molecule has 4 nitrogen and oxygen atoms in total. The van der Waals surface area contributed by atoms with Crippen LogP contribution in [0, 0.1) is 0 Å². The van der Waals surface area contributed by atoms with E-state index in [-0.39, 0.29) is 0 Å². The maximum absolute atomic E-state index is 2.69. The smallest absolute Gasteiger partial charge is 0.0110 e. The van der Waals surface area contributed by atoms with Gasteiger partial charge in [0, 0.05) is 52.4 Å². The Morgan fingerprint density at radius 1 is 0.600 bits per heavy atom. The minimum Gasteiger partial charge on any atom is -0.301 e. The van der Waals surface area contributed by atoms with Crippen LogP contribution in [-0.2, 0) is 0 Å². The van der Waals surface area contributed by atoms with E-state index in [4.69, 9.17) is 0 Å². The molecule has 2 saturated heterocycles. The Kier molecular flexibility index (Phi) is 7.28. The van der Waals surface area contributed by atoms with E-state index in [0.29, 0.717) is 0 Å². The van der Waals surface area contributed by atoms with Crippen LogP contribution < -0.4 is 0 Å². The van der Waals surface area contributed by atoms with Crippen molar-refractivity contribution in [3.05, 3.63) is 0 Å². The number of nitrogens with zero attached hydrogens (tertiary/aromatic N) is 4. The Hall–Kier alpha value is -0.160. The van der Waals surface area contributed by atoms with Crippen molar-refractivity contribution in [3.8, 4) is 0 Å². The Labute approximate surface area is 125 Å². The predicted molar refractivity (Wildman–Crippen MR) is 86.3 cm³/mol. The van der Waals surface area contributed by atoms with Gasteiger partial charge in [-0.2, -0.15) is 0 Å². The Morgan fingerprint density at radius 2 is 1.10 bits per heavy atom.